The number of benzene rings is 1. The highest BCUT2D eigenvalue weighted by atomic mass is 32.1. The summed E-state index contributed by atoms with van der Waals surface area (Å²) in [6.07, 6.45) is 0. The molecule has 1 aromatic carbocycles. The van der Waals surface area contributed by atoms with Gasteiger partial charge in [-0.2, -0.15) is 0 Å². The van der Waals surface area contributed by atoms with Crippen molar-refractivity contribution in [2.45, 2.75) is 13.5 Å². The van der Waals surface area contributed by atoms with Crippen molar-refractivity contribution >= 4 is 22.7 Å². The number of nitro groups is 1. The van der Waals surface area contributed by atoms with E-state index in [-0.39, 0.29) is 11.4 Å². The van der Waals surface area contributed by atoms with Crippen LogP contribution in [0.2, 0.25) is 0 Å². The summed E-state index contributed by atoms with van der Waals surface area (Å²) in [6, 6.07) is 5.43. The van der Waals surface area contributed by atoms with E-state index in [9.17, 15) is 14.5 Å². The van der Waals surface area contributed by atoms with Crippen LogP contribution in [0.15, 0.2) is 29.6 Å². The van der Waals surface area contributed by atoms with E-state index in [2.05, 4.69) is 5.32 Å². The fraction of sp³-hybridized carbons (Fsp3) is 0.167. The summed E-state index contributed by atoms with van der Waals surface area (Å²) in [5.41, 5.74) is 1.15. The molecule has 0 saturated carbocycles. The van der Waals surface area contributed by atoms with Crippen LogP contribution in [0.4, 0.5) is 15.8 Å². The smallest absolute Gasteiger partial charge is 0.271 e. The van der Waals surface area contributed by atoms with Crippen molar-refractivity contribution in [1.82, 2.24) is 0 Å². The Labute approximate surface area is 107 Å². The van der Waals surface area contributed by atoms with Gasteiger partial charge in [0.25, 0.3) is 5.69 Å². The van der Waals surface area contributed by atoms with Crippen LogP contribution in [0.1, 0.15) is 10.4 Å². The van der Waals surface area contributed by atoms with Gasteiger partial charge >= 0.3 is 0 Å². The standard InChI is InChI=1S/C12H11FN2O2S/c1-8-4-5-18-12(8)7-14-11-6-9(15(16)17)2-3-10(11)13/h2-6,14H,7H2,1H3. The van der Waals surface area contributed by atoms with Gasteiger partial charge in [0.05, 0.1) is 10.6 Å². The summed E-state index contributed by atoms with van der Waals surface area (Å²) in [5, 5.41) is 15.4. The molecule has 94 valence electrons. The number of halogens is 1. The number of anilines is 1. The molecule has 0 aliphatic rings. The van der Waals surface area contributed by atoms with Gasteiger partial charge in [-0.3, -0.25) is 10.1 Å². The minimum Gasteiger partial charge on any atom is -0.378 e. The van der Waals surface area contributed by atoms with Crippen molar-refractivity contribution < 1.29 is 9.31 Å². The molecule has 0 spiro atoms. The molecule has 0 saturated heterocycles. The van der Waals surface area contributed by atoms with Gasteiger partial charge in [-0.25, -0.2) is 4.39 Å². The van der Waals surface area contributed by atoms with Crippen LogP contribution in [0.3, 0.4) is 0 Å². The van der Waals surface area contributed by atoms with Crippen molar-refractivity contribution in [3.05, 3.63) is 56.0 Å². The van der Waals surface area contributed by atoms with E-state index < -0.39 is 10.7 Å². The third-order valence-corrected chi connectivity index (χ3v) is 3.59. The molecule has 0 aliphatic carbocycles. The van der Waals surface area contributed by atoms with E-state index in [1.807, 2.05) is 18.4 Å². The molecule has 4 nitrogen and oxygen atoms in total. The van der Waals surface area contributed by atoms with E-state index in [0.29, 0.717) is 6.54 Å². The molecule has 2 aromatic rings. The molecule has 0 amide bonds. The SMILES string of the molecule is Cc1ccsc1CNc1cc([N+](=O)[O-])ccc1F. The van der Waals surface area contributed by atoms with Crippen molar-refractivity contribution in [2.75, 3.05) is 5.32 Å². The zero-order valence-electron chi connectivity index (χ0n) is 9.64. The molecular formula is C12H11FN2O2S. The van der Waals surface area contributed by atoms with E-state index in [1.165, 1.54) is 6.07 Å². The Morgan fingerprint density at radius 2 is 2.22 bits per heavy atom. The summed E-state index contributed by atoms with van der Waals surface area (Å²) in [4.78, 5) is 11.2. The molecule has 2 rings (SSSR count). The molecule has 0 radical (unpaired) electrons. The first kappa shape index (κ1) is 12.5. The molecule has 0 aliphatic heterocycles. The minimum atomic E-state index is -0.541. The van der Waals surface area contributed by atoms with Gasteiger partial charge in [0.15, 0.2) is 0 Å². The lowest BCUT2D eigenvalue weighted by molar-refractivity contribution is -0.384. The van der Waals surface area contributed by atoms with Crippen molar-refractivity contribution in [3.63, 3.8) is 0 Å². The Morgan fingerprint density at radius 3 is 2.83 bits per heavy atom. The highest BCUT2D eigenvalue weighted by molar-refractivity contribution is 7.10. The fourth-order valence-electron chi connectivity index (χ4n) is 1.52. The predicted molar refractivity (Wildman–Crippen MR) is 69.4 cm³/mol. The van der Waals surface area contributed by atoms with Crippen LogP contribution in [0.25, 0.3) is 0 Å². The summed E-state index contributed by atoms with van der Waals surface area (Å²) in [6.45, 7) is 2.43. The van der Waals surface area contributed by atoms with Crippen molar-refractivity contribution in [3.8, 4) is 0 Å². The Bertz CT molecular complexity index is 583. The molecule has 18 heavy (non-hydrogen) atoms. The highest BCUT2D eigenvalue weighted by Gasteiger charge is 2.10. The van der Waals surface area contributed by atoms with E-state index >= 15 is 0 Å². The topological polar surface area (TPSA) is 55.2 Å². The maximum absolute atomic E-state index is 13.5. The van der Waals surface area contributed by atoms with Gasteiger partial charge in [-0.05, 0) is 30.0 Å². The maximum Gasteiger partial charge on any atom is 0.271 e. The first-order valence-corrected chi connectivity index (χ1v) is 6.16. The van der Waals surface area contributed by atoms with Crippen LogP contribution in [-0.4, -0.2) is 4.92 Å². The Hall–Kier alpha value is -1.95. The minimum absolute atomic E-state index is 0.123. The molecule has 0 atom stereocenters. The Balaban J connectivity index is 2.16. The number of non-ortho nitro benzene ring substituents is 1. The number of thiophene rings is 1. The van der Waals surface area contributed by atoms with Gasteiger partial charge in [-0.1, -0.05) is 0 Å². The zero-order chi connectivity index (χ0) is 13.1. The number of aryl methyl sites for hydroxylation is 1. The molecule has 1 aromatic heterocycles. The van der Waals surface area contributed by atoms with E-state index in [0.717, 1.165) is 22.6 Å². The summed E-state index contributed by atoms with van der Waals surface area (Å²) in [7, 11) is 0. The average Bonchev–Trinajstić information content (AvgIpc) is 2.73. The second-order valence-electron chi connectivity index (χ2n) is 3.80. The lowest BCUT2D eigenvalue weighted by atomic mass is 10.2. The molecule has 0 fully saturated rings. The van der Waals surface area contributed by atoms with Crippen LogP contribution >= 0.6 is 11.3 Å². The summed E-state index contributed by atoms with van der Waals surface area (Å²) >= 11 is 1.57. The van der Waals surface area contributed by atoms with E-state index in [1.54, 1.807) is 11.3 Å². The third kappa shape index (κ3) is 2.65. The molecule has 1 heterocycles. The number of nitro benzene ring substituents is 1. The van der Waals surface area contributed by atoms with Gasteiger partial charge in [0.2, 0.25) is 0 Å². The first-order valence-electron chi connectivity index (χ1n) is 5.28. The van der Waals surface area contributed by atoms with Crippen molar-refractivity contribution in [2.24, 2.45) is 0 Å². The number of hydrogen-bond donors (Lipinski definition) is 1. The zero-order valence-corrected chi connectivity index (χ0v) is 10.5. The largest absolute Gasteiger partial charge is 0.378 e. The van der Waals surface area contributed by atoms with E-state index in [4.69, 9.17) is 0 Å². The number of nitrogens with one attached hydrogen (secondary N) is 1. The molecule has 6 heteroatoms. The number of nitrogens with zero attached hydrogens (tertiary/aromatic N) is 1. The third-order valence-electron chi connectivity index (χ3n) is 2.57. The second kappa shape index (κ2) is 5.14. The van der Waals surface area contributed by atoms with Gasteiger partial charge in [0.1, 0.15) is 5.82 Å². The maximum atomic E-state index is 13.5. The molecule has 0 bridgehead atoms. The summed E-state index contributed by atoms with van der Waals surface area (Å²) in [5.74, 6) is -0.491. The number of rotatable bonds is 4. The first-order chi connectivity index (χ1) is 8.58. The average molecular weight is 266 g/mol. The van der Waals surface area contributed by atoms with Crippen LogP contribution < -0.4 is 5.32 Å². The molecule has 0 unspecified atom stereocenters. The lowest BCUT2D eigenvalue weighted by Gasteiger charge is -2.06. The van der Waals surface area contributed by atoms with Gasteiger partial charge < -0.3 is 5.32 Å². The lowest BCUT2D eigenvalue weighted by Crippen LogP contribution is -2.01. The molecule has 1 N–H and O–H groups in total. The molecular weight excluding hydrogens is 255 g/mol. The van der Waals surface area contributed by atoms with Gasteiger partial charge in [-0.15, -0.1) is 11.3 Å². The van der Waals surface area contributed by atoms with Crippen LogP contribution in [0, 0.1) is 22.9 Å². The quantitative estimate of drug-likeness (QED) is 0.678. The van der Waals surface area contributed by atoms with Crippen molar-refractivity contribution in [1.29, 1.82) is 0 Å². The Kier molecular flexibility index (Phi) is 3.57. The normalized spacial score (nSPS) is 10.3. The van der Waals surface area contributed by atoms with Crippen LogP contribution in [-0.2, 0) is 6.54 Å². The summed E-state index contributed by atoms with van der Waals surface area (Å²) < 4.78 is 13.5. The van der Waals surface area contributed by atoms with Crippen LogP contribution in [0.5, 0.6) is 0 Å². The number of hydrogen-bond acceptors (Lipinski definition) is 4. The fourth-order valence-corrected chi connectivity index (χ4v) is 2.37. The monoisotopic (exact) mass is 266 g/mol. The Morgan fingerprint density at radius 1 is 1.44 bits per heavy atom. The second-order valence-corrected chi connectivity index (χ2v) is 4.80. The van der Waals surface area contributed by atoms with Gasteiger partial charge in [0, 0.05) is 23.6 Å². The highest BCUT2D eigenvalue weighted by Crippen LogP contribution is 2.23. The predicted octanol–water partition coefficient (Wildman–Crippen LogP) is 3.72.